The summed E-state index contributed by atoms with van der Waals surface area (Å²) in [7, 11) is -3.62. The van der Waals surface area contributed by atoms with Gasteiger partial charge in [0.05, 0.1) is 23.6 Å². The summed E-state index contributed by atoms with van der Waals surface area (Å²) in [4.78, 5) is 12.2. The van der Waals surface area contributed by atoms with E-state index in [4.69, 9.17) is 5.73 Å². The Labute approximate surface area is 108 Å². The minimum absolute atomic E-state index is 0.0149. The fourth-order valence-electron chi connectivity index (χ4n) is 1.20. The minimum atomic E-state index is -3.62. The summed E-state index contributed by atoms with van der Waals surface area (Å²) in [5.41, 5.74) is 7.78. The van der Waals surface area contributed by atoms with Gasteiger partial charge in [0.25, 0.3) is 0 Å². The van der Waals surface area contributed by atoms with Gasteiger partial charge in [0.1, 0.15) is 4.90 Å². The summed E-state index contributed by atoms with van der Waals surface area (Å²) >= 11 is 1.40. The number of anilines is 1. The second kappa shape index (κ2) is 4.96. The van der Waals surface area contributed by atoms with Gasteiger partial charge in [-0.1, -0.05) is 0 Å². The molecule has 9 heteroatoms. The molecule has 0 unspecified atom stereocenters. The molecule has 3 N–H and O–H groups in total. The largest absolute Gasteiger partial charge is 0.368 e. The highest BCUT2D eigenvalue weighted by atomic mass is 32.2. The van der Waals surface area contributed by atoms with Gasteiger partial charge < -0.3 is 5.73 Å². The summed E-state index contributed by atoms with van der Waals surface area (Å²) in [5, 5.41) is 0. The number of rotatable bonds is 4. The zero-order chi connectivity index (χ0) is 13.2. The third-order valence-corrected chi connectivity index (χ3v) is 4.52. The van der Waals surface area contributed by atoms with Crippen molar-refractivity contribution >= 4 is 27.3 Å². The first kappa shape index (κ1) is 12.9. The average molecular weight is 285 g/mol. The van der Waals surface area contributed by atoms with Gasteiger partial charge in [-0.25, -0.2) is 28.1 Å². The lowest BCUT2D eigenvalue weighted by molar-refractivity contribution is 0.580. The standard InChI is InChI=1S/C9H11N5O2S2/c1-6-8(17-5-13-6)4-14-18(15,16)7-2-11-9(10)12-3-7/h2-3,5,14H,4H2,1H3,(H2,10,11,12). The molecule has 18 heavy (non-hydrogen) atoms. The van der Waals surface area contributed by atoms with Crippen molar-refractivity contribution < 1.29 is 8.42 Å². The highest BCUT2D eigenvalue weighted by Crippen LogP contribution is 2.13. The maximum Gasteiger partial charge on any atom is 0.243 e. The van der Waals surface area contributed by atoms with Gasteiger partial charge in [-0.2, -0.15) is 0 Å². The molecule has 0 aliphatic rings. The van der Waals surface area contributed by atoms with Crippen LogP contribution in [0.1, 0.15) is 10.6 Å². The van der Waals surface area contributed by atoms with Gasteiger partial charge in [-0.3, -0.25) is 0 Å². The Bertz CT molecular complexity index is 635. The van der Waals surface area contributed by atoms with Crippen LogP contribution in [-0.2, 0) is 16.6 Å². The Morgan fingerprint density at radius 3 is 2.56 bits per heavy atom. The number of aryl methyl sites for hydroxylation is 1. The van der Waals surface area contributed by atoms with Crippen LogP contribution in [0, 0.1) is 6.92 Å². The molecule has 0 spiro atoms. The summed E-state index contributed by atoms with van der Waals surface area (Å²) in [6.45, 7) is 2.02. The molecule has 2 rings (SSSR count). The van der Waals surface area contributed by atoms with E-state index in [1.165, 1.54) is 23.7 Å². The van der Waals surface area contributed by atoms with Crippen LogP contribution in [0.4, 0.5) is 5.95 Å². The third-order valence-electron chi connectivity index (χ3n) is 2.23. The number of hydrogen-bond donors (Lipinski definition) is 2. The number of thiazole rings is 1. The van der Waals surface area contributed by atoms with Crippen LogP contribution >= 0.6 is 11.3 Å². The Morgan fingerprint density at radius 1 is 1.33 bits per heavy atom. The van der Waals surface area contributed by atoms with Crippen LogP contribution in [0.25, 0.3) is 0 Å². The monoisotopic (exact) mass is 285 g/mol. The molecule has 2 heterocycles. The van der Waals surface area contributed by atoms with E-state index in [9.17, 15) is 8.42 Å². The van der Waals surface area contributed by atoms with Crippen LogP contribution in [0.15, 0.2) is 22.8 Å². The van der Waals surface area contributed by atoms with E-state index in [0.29, 0.717) is 0 Å². The summed E-state index contributed by atoms with van der Waals surface area (Å²) in [6.07, 6.45) is 2.34. The molecule has 0 aliphatic carbocycles. The Balaban J connectivity index is 2.13. The smallest absolute Gasteiger partial charge is 0.243 e. The van der Waals surface area contributed by atoms with Crippen molar-refractivity contribution in [1.82, 2.24) is 19.7 Å². The molecule has 0 aromatic carbocycles. The summed E-state index contributed by atoms with van der Waals surface area (Å²) < 4.78 is 26.3. The van der Waals surface area contributed by atoms with Crippen LogP contribution in [0.2, 0.25) is 0 Å². The molecule has 0 radical (unpaired) electrons. The Hall–Kier alpha value is -1.58. The van der Waals surface area contributed by atoms with E-state index in [2.05, 4.69) is 19.7 Å². The molecule has 0 bridgehead atoms. The fraction of sp³-hybridized carbons (Fsp3) is 0.222. The van der Waals surface area contributed by atoms with E-state index in [-0.39, 0.29) is 17.4 Å². The zero-order valence-electron chi connectivity index (χ0n) is 9.49. The lowest BCUT2D eigenvalue weighted by Crippen LogP contribution is -2.23. The van der Waals surface area contributed by atoms with E-state index in [1.54, 1.807) is 5.51 Å². The van der Waals surface area contributed by atoms with E-state index < -0.39 is 10.0 Å². The third kappa shape index (κ3) is 2.81. The number of aromatic nitrogens is 3. The van der Waals surface area contributed by atoms with Crippen LogP contribution in [0.3, 0.4) is 0 Å². The van der Waals surface area contributed by atoms with Crippen molar-refractivity contribution in [2.75, 3.05) is 5.73 Å². The molecule has 7 nitrogen and oxygen atoms in total. The Kier molecular flexibility index (Phi) is 3.55. The first-order valence-corrected chi connectivity index (χ1v) is 7.31. The summed E-state index contributed by atoms with van der Waals surface area (Å²) in [5.74, 6) is 0.0345. The molecule has 96 valence electrons. The summed E-state index contributed by atoms with van der Waals surface area (Å²) in [6, 6.07) is 0. The normalized spacial score (nSPS) is 11.6. The molecule has 2 aromatic rings. The quantitative estimate of drug-likeness (QED) is 0.836. The maximum absolute atomic E-state index is 11.9. The van der Waals surface area contributed by atoms with Crippen molar-refractivity contribution in [2.24, 2.45) is 0 Å². The van der Waals surface area contributed by atoms with Crippen molar-refractivity contribution in [3.63, 3.8) is 0 Å². The first-order valence-electron chi connectivity index (χ1n) is 4.95. The van der Waals surface area contributed by atoms with Crippen molar-refractivity contribution in [2.45, 2.75) is 18.4 Å². The van der Waals surface area contributed by atoms with Gasteiger partial charge in [0.2, 0.25) is 16.0 Å². The lowest BCUT2D eigenvalue weighted by Gasteiger charge is -2.05. The topological polar surface area (TPSA) is 111 Å². The molecule has 2 aromatic heterocycles. The van der Waals surface area contributed by atoms with Crippen molar-refractivity contribution in [3.8, 4) is 0 Å². The predicted octanol–water partition coefficient (Wildman–Crippen LogP) is 0.302. The maximum atomic E-state index is 11.9. The zero-order valence-corrected chi connectivity index (χ0v) is 11.1. The molecular formula is C9H11N5O2S2. The highest BCUT2D eigenvalue weighted by Gasteiger charge is 2.15. The van der Waals surface area contributed by atoms with E-state index >= 15 is 0 Å². The number of nitrogens with zero attached hydrogens (tertiary/aromatic N) is 3. The molecule has 0 saturated heterocycles. The van der Waals surface area contributed by atoms with E-state index in [0.717, 1.165) is 10.6 Å². The predicted molar refractivity (Wildman–Crippen MR) is 67.3 cm³/mol. The van der Waals surface area contributed by atoms with Gasteiger partial charge >= 0.3 is 0 Å². The van der Waals surface area contributed by atoms with Gasteiger partial charge in [-0.05, 0) is 6.92 Å². The van der Waals surface area contributed by atoms with Gasteiger partial charge in [0.15, 0.2) is 0 Å². The molecule has 0 aliphatic heterocycles. The molecular weight excluding hydrogens is 274 g/mol. The number of nitrogen functional groups attached to an aromatic ring is 1. The van der Waals surface area contributed by atoms with Crippen molar-refractivity contribution in [1.29, 1.82) is 0 Å². The van der Waals surface area contributed by atoms with Crippen LogP contribution in [0.5, 0.6) is 0 Å². The second-order valence-electron chi connectivity index (χ2n) is 3.46. The van der Waals surface area contributed by atoms with Gasteiger partial charge in [0, 0.05) is 11.4 Å². The molecule has 0 fully saturated rings. The van der Waals surface area contributed by atoms with E-state index in [1.807, 2.05) is 6.92 Å². The first-order chi connectivity index (χ1) is 8.49. The van der Waals surface area contributed by atoms with Crippen molar-refractivity contribution in [3.05, 3.63) is 28.5 Å². The number of nitrogens with one attached hydrogen (secondary N) is 1. The second-order valence-corrected chi connectivity index (χ2v) is 6.17. The Morgan fingerprint density at radius 2 is 2.00 bits per heavy atom. The minimum Gasteiger partial charge on any atom is -0.368 e. The number of nitrogens with two attached hydrogens (primary N) is 1. The van der Waals surface area contributed by atoms with Gasteiger partial charge in [-0.15, -0.1) is 11.3 Å². The lowest BCUT2D eigenvalue weighted by atomic mass is 10.4. The highest BCUT2D eigenvalue weighted by molar-refractivity contribution is 7.89. The van der Waals surface area contributed by atoms with Crippen LogP contribution < -0.4 is 10.5 Å². The fourth-order valence-corrected chi connectivity index (χ4v) is 2.90. The molecule has 0 amide bonds. The number of sulfonamides is 1. The number of hydrogen-bond acceptors (Lipinski definition) is 7. The molecule has 0 atom stereocenters. The average Bonchev–Trinajstić information content (AvgIpc) is 2.73. The van der Waals surface area contributed by atoms with Crippen LogP contribution in [-0.4, -0.2) is 23.4 Å². The SMILES string of the molecule is Cc1ncsc1CNS(=O)(=O)c1cnc(N)nc1. The molecule has 0 saturated carbocycles.